The highest BCUT2D eigenvalue weighted by Crippen LogP contribution is 2.43. The largest absolute Gasteiger partial charge is 0.0986 e. The van der Waals surface area contributed by atoms with Crippen molar-refractivity contribution in [1.82, 2.24) is 0 Å². The van der Waals surface area contributed by atoms with Crippen LogP contribution in [0.2, 0.25) is 0 Å². The van der Waals surface area contributed by atoms with Crippen molar-refractivity contribution < 1.29 is 0 Å². The fraction of sp³-hybridized carbons (Fsp3) is 0.444. The van der Waals surface area contributed by atoms with Gasteiger partial charge in [0, 0.05) is 5.92 Å². The van der Waals surface area contributed by atoms with Gasteiger partial charge in [0.25, 0.3) is 0 Å². The molecule has 1 saturated carbocycles. The van der Waals surface area contributed by atoms with E-state index in [1.165, 1.54) is 88.6 Å². The van der Waals surface area contributed by atoms with Gasteiger partial charge >= 0.3 is 0 Å². The molecule has 0 spiro atoms. The summed E-state index contributed by atoms with van der Waals surface area (Å²) in [6, 6.07) is 11.8. The number of hydrogen-bond donors (Lipinski definition) is 0. The lowest BCUT2D eigenvalue weighted by molar-refractivity contribution is 0.336. The second-order valence-corrected chi connectivity index (χ2v) is 12.1. The summed E-state index contributed by atoms with van der Waals surface area (Å²) in [4.78, 5) is 0. The molecule has 0 aliphatic heterocycles. The van der Waals surface area contributed by atoms with Crippen LogP contribution < -0.4 is 0 Å². The van der Waals surface area contributed by atoms with Gasteiger partial charge in [0.05, 0.1) is 0 Å². The van der Waals surface area contributed by atoms with Crippen LogP contribution in [0.15, 0.2) is 72.4 Å². The summed E-state index contributed by atoms with van der Waals surface area (Å²) >= 11 is 0. The number of fused-ring (bicyclic) bond motifs is 1. The number of benzene rings is 2. The van der Waals surface area contributed by atoms with Gasteiger partial charge in [-0.05, 0) is 96.2 Å². The zero-order chi connectivity index (χ0) is 25.4. The van der Waals surface area contributed by atoms with E-state index in [2.05, 4.69) is 89.4 Å². The van der Waals surface area contributed by atoms with Crippen LogP contribution in [0.5, 0.6) is 0 Å². The lowest BCUT2D eigenvalue weighted by Gasteiger charge is -2.28. The quantitative estimate of drug-likeness (QED) is 0.297. The van der Waals surface area contributed by atoms with Gasteiger partial charge in [0.1, 0.15) is 0 Å². The Morgan fingerprint density at radius 1 is 0.917 bits per heavy atom. The number of rotatable bonds is 5. The van der Waals surface area contributed by atoms with Crippen LogP contribution in [0, 0.1) is 37.5 Å². The Morgan fingerprint density at radius 3 is 2.56 bits per heavy atom. The third-order valence-electron chi connectivity index (χ3n) is 9.43. The van der Waals surface area contributed by atoms with E-state index in [0.717, 1.165) is 24.7 Å². The Morgan fingerprint density at radius 2 is 1.72 bits per heavy atom. The van der Waals surface area contributed by atoms with Gasteiger partial charge in [-0.3, -0.25) is 0 Å². The van der Waals surface area contributed by atoms with Crippen molar-refractivity contribution in [2.45, 2.75) is 79.1 Å². The zero-order valence-electron chi connectivity index (χ0n) is 23.0. The maximum atomic E-state index is 4.44. The molecule has 2 aromatic rings. The molecule has 0 heteroatoms. The van der Waals surface area contributed by atoms with Gasteiger partial charge in [-0.25, -0.2) is 0 Å². The first-order chi connectivity index (χ1) is 17.3. The average Bonchev–Trinajstić information content (AvgIpc) is 3.16. The van der Waals surface area contributed by atoms with Crippen molar-refractivity contribution in [3.63, 3.8) is 0 Å². The highest BCUT2D eigenvalue weighted by molar-refractivity contribution is 5.80. The Labute approximate surface area is 219 Å². The molecule has 1 fully saturated rings. The van der Waals surface area contributed by atoms with Crippen molar-refractivity contribution in [1.29, 1.82) is 0 Å². The normalized spacial score (nSPS) is 26.1. The van der Waals surface area contributed by atoms with E-state index in [1.807, 2.05) is 0 Å². The summed E-state index contributed by atoms with van der Waals surface area (Å²) in [5.41, 5.74) is 14.4. The zero-order valence-corrected chi connectivity index (χ0v) is 23.0. The molecule has 36 heavy (non-hydrogen) atoms. The molecule has 0 aromatic heterocycles. The fourth-order valence-corrected chi connectivity index (χ4v) is 7.05. The molecule has 4 atom stereocenters. The molecular formula is C36H44. The summed E-state index contributed by atoms with van der Waals surface area (Å²) in [6.45, 7) is 18.2. The SMILES string of the molecule is C=C1C=CC(C)C(=C)C1CC1=Cc2cccc(-c3cc(C)cc(C)c3CC3CCCCCC3C)c2C1. The van der Waals surface area contributed by atoms with Crippen LogP contribution in [-0.2, 0) is 12.8 Å². The van der Waals surface area contributed by atoms with Gasteiger partial charge in [-0.2, -0.15) is 0 Å². The van der Waals surface area contributed by atoms with E-state index in [4.69, 9.17) is 0 Å². The lowest BCUT2D eigenvalue weighted by atomic mass is 9.77. The molecule has 0 heterocycles. The van der Waals surface area contributed by atoms with E-state index in [9.17, 15) is 0 Å². The third kappa shape index (κ3) is 4.97. The minimum absolute atomic E-state index is 0.363. The predicted molar refractivity (Wildman–Crippen MR) is 157 cm³/mol. The highest BCUT2D eigenvalue weighted by atomic mass is 14.3. The Hall–Kier alpha value is -2.60. The first kappa shape index (κ1) is 25.1. The Kier molecular flexibility index (Phi) is 7.25. The van der Waals surface area contributed by atoms with Crippen molar-refractivity contribution in [2.75, 3.05) is 0 Å². The van der Waals surface area contributed by atoms with Crippen molar-refractivity contribution in [2.24, 2.45) is 23.7 Å². The van der Waals surface area contributed by atoms with Crippen molar-refractivity contribution in [3.05, 3.63) is 100 Å². The molecule has 0 radical (unpaired) electrons. The van der Waals surface area contributed by atoms with Crippen molar-refractivity contribution >= 4 is 6.08 Å². The molecule has 0 N–H and O–H groups in total. The molecule has 0 bridgehead atoms. The van der Waals surface area contributed by atoms with Gasteiger partial charge < -0.3 is 0 Å². The van der Waals surface area contributed by atoms with Gasteiger partial charge in [0.15, 0.2) is 0 Å². The average molecular weight is 477 g/mol. The molecule has 0 nitrogen and oxygen atoms in total. The van der Waals surface area contributed by atoms with E-state index < -0.39 is 0 Å². The molecule has 3 aliphatic carbocycles. The molecule has 4 unspecified atom stereocenters. The molecule has 3 aliphatic rings. The molecular weight excluding hydrogens is 432 g/mol. The lowest BCUT2D eigenvalue weighted by Crippen LogP contribution is -2.15. The summed E-state index contributed by atoms with van der Waals surface area (Å²) < 4.78 is 0. The smallest absolute Gasteiger partial charge is 0.00826 e. The molecule has 0 amide bonds. The van der Waals surface area contributed by atoms with Crippen molar-refractivity contribution in [3.8, 4) is 11.1 Å². The van der Waals surface area contributed by atoms with Gasteiger partial charge in [0.2, 0.25) is 0 Å². The number of allylic oxidation sites excluding steroid dienone is 5. The van der Waals surface area contributed by atoms with Gasteiger partial charge in [-0.15, -0.1) is 0 Å². The van der Waals surface area contributed by atoms with Crippen LogP contribution in [0.25, 0.3) is 17.2 Å². The standard InChI is InChI=1S/C36H44/c1-23-17-27(5)34(22-30-12-9-7-8-11-25(30)3)36(18-23)32-14-10-13-31-19-29(21-35(31)32)20-33-26(4)16-15-24(2)28(33)6/h10,13-19,24-25,30,33H,4,6-9,11-12,20-22H2,1-3,5H3. The Bertz CT molecular complexity index is 1230. The van der Waals surface area contributed by atoms with Crippen LogP contribution >= 0.6 is 0 Å². The van der Waals surface area contributed by atoms with Crippen LogP contribution in [-0.4, -0.2) is 0 Å². The molecule has 0 saturated heterocycles. The third-order valence-corrected chi connectivity index (χ3v) is 9.43. The van der Waals surface area contributed by atoms with Crippen LogP contribution in [0.1, 0.15) is 80.2 Å². The summed E-state index contributed by atoms with van der Waals surface area (Å²) in [6.07, 6.45) is 17.2. The summed E-state index contributed by atoms with van der Waals surface area (Å²) in [5.74, 6) is 2.42. The molecule has 5 rings (SSSR count). The van der Waals surface area contributed by atoms with E-state index in [0.29, 0.717) is 11.8 Å². The number of aryl methyl sites for hydroxylation is 2. The summed E-state index contributed by atoms with van der Waals surface area (Å²) in [5, 5.41) is 0. The van der Waals surface area contributed by atoms with E-state index in [-0.39, 0.29) is 0 Å². The topological polar surface area (TPSA) is 0 Å². The highest BCUT2D eigenvalue weighted by Gasteiger charge is 2.27. The molecule has 2 aromatic carbocycles. The first-order valence-corrected chi connectivity index (χ1v) is 14.3. The second kappa shape index (κ2) is 10.4. The monoisotopic (exact) mass is 476 g/mol. The first-order valence-electron chi connectivity index (χ1n) is 14.3. The van der Waals surface area contributed by atoms with E-state index in [1.54, 1.807) is 5.56 Å². The Balaban J connectivity index is 1.46. The minimum atomic E-state index is 0.363. The van der Waals surface area contributed by atoms with E-state index >= 15 is 0 Å². The number of hydrogen-bond acceptors (Lipinski definition) is 0. The second-order valence-electron chi connectivity index (χ2n) is 12.1. The van der Waals surface area contributed by atoms with Crippen LogP contribution in [0.4, 0.5) is 0 Å². The molecule has 188 valence electrons. The van der Waals surface area contributed by atoms with Crippen LogP contribution in [0.3, 0.4) is 0 Å². The predicted octanol–water partition coefficient (Wildman–Crippen LogP) is 9.99. The van der Waals surface area contributed by atoms with Gasteiger partial charge in [-0.1, -0.05) is 118 Å². The maximum absolute atomic E-state index is 4.44. The maximum Gasteiger partial charge on any atom is 0.00826 e. The minimum Gasteiger partial charge on any atom is -0.0986 e. The fourth-order valence-electron chi connectivity index (χ4n) is 7.05. The summed E-state index contributed by atoms with van der Waals surface area (Å²) in [7, 11) is 0.